The van der Waals surface area contributed by atoms with E-state index < -0.39 is 0 Å². The molecule has 2 heterocycles. The lowest BCUT2D eigenvalue weighted by Crippen LogP contribution is -2.17. The Balaban J connectivity index is 1.30. The first kappa shape index (κ1) is 24.8. The molecule has 6 rings (SSSR count). The Labute approximate surface area is 231 Å². The number of hydrogen-bond donors (Lipinski definition) is 1. The molecule has 0 saturated carbocycles. The van der Waals surface area contributed by atoms with Crippen LogP contribution in [0.3, 0.4) is 0 Å². The number of benzene rings is 4. The number of hydrogen-bond acceptors (Lipinski definition) is 4. The van der Waals surface area contributed by atoms with Gasteiger partial charge in [-0.1, -0.05) is 84.9 Å². The van der Waals surface area contributed by atoms with Crippen molar-refractivity contribution in [1.82, 2.24) is 9.88 Å². The number of carbonyl (C=O) groups is 2. The smallest absolute Gasteiger partial charge is 0.290 e. The van der Waals surface area contributed by atoms with E-state index in [2.05, 4.69) is 64.5 Å². The maximum atomic E-state index is 12.3. The Kier molecular flexibility index (Phi) is 7.02. The van der Waals surface area contributed by atoms with Crippen molar-refractivity contribution in [1.29, 1.82) is 0 Å². The van der Waals surface area contributed by atoms with E-state index in [0.717, 1.165) is 51.7 Å². The normalized spacial score (nSPS) is 14.2. The van der Waals surface area contributed by atoms with Crippen LogP contribution >= 0.6 is 11.8 Å². The summed E-state index contributed by atoms with van der Waals surface area (Å²) < 4.78 is 8.23. The lowest BCUT2D eigenvalue weighted by Gasteiger charge is -2.11. The number of rotatable bonds is 8. The minimum Gasteiger partial charge on any atom is -0.489 e. The highest BCUT2D eigenvalue weighted by atomic mass is 32.2. The Hall–Kier alpha value is -4.55. The van der Waals surface area contributed by atoms with E-state index in [1.165, 1.54) is 11.1 Å². The van der Waals surface area contributed by atoms with Crippen LogP contribution in [0.15, 0.2) is 114 Å². The third-order valence-corrected chi connectivity index (χ3v) is 7.50. The van der Waals surface area contributed by atoms with Crippen LogP contribution in [0.1, 0.15) is 27.9 Å². The highest BCUT2D eigenvalue weighted by Gasteiger charge is 2.25. The number of ether oxygens (including phenoxy) is 1. The molecule has 0 radical (unpaired) electrons. The summed E-state index contributed by atoms with van der Waals surface area (Å²) in [5, 5.41) is 3.00. The molecule has 0 unspecified atom stereocenters. The quantitative estimate of drug-likeness (QED) is 0.216. The van der Waals surface area contributed by atoms with E-state index in [1.807, 2.05) is 54.6 Å². The van der Waals surface area contributed by atoms with Crippen LogP contribution in [0.25, 0.3) is 17.0 Å². The lowest BCUT2D eigenvalue weighted by atomic mass is 10.0. The van der Waals surface area contributed by atoms with Crippen molar-refractivity contribution < 1.29 is 14.3 Å². The zero-order valence-corrected chi connectivity index (χ0v) is 22.0. The molecular formula is C33H26N2O3S. The molecule has 0 bridgehead atoms. The molecule has 5 aromatic rings. The first-order chi connectivity index (χ1) is 19.1. The molecule has 6 heteroatoms. The van der Waals surface area contributed by atoms with Gasteiger partial charge in [0.05, 0.1) is 4.91 Å². The third kappa shape index (κ3) is 5.81. The van der Waals surface area contributed by atoms with Crippen molar-refractivity contribution in [2.45, 2.75) is 19.6 Å². The molecule has 2 amide bonds. The van der Waals surface area contributed by atoms with Gasteiger partial charge in [-0.2, -0.15) is 0 Å². The van der Waals surface area contributed by atoms with E-state index in [9.17, 15) is 9.59 Å². The zero-order valence-electron chi connectivity index (χ0n) is 21.2. The third-order valence-electron chi connectivity index (χ3n) is 6.69. The molecule has 1 aliphatic heterocycles. The SMILES string of the molecule is O=C1NC(=O)/C(=C/c2cc3cc(OCc4ccccc4)ccc3n2Cc2ccc(Cc3ccccc3)cc2)S1. The van der Waals surface area contributed by atoms with Crippen LogP contribution in [0.5, 0.6) is 5.75 Å². The van der Waals surface area contributed by atoms with Crippen LogP contribution in [0, 0.1) is 0 Å². The Morgan fingerprint density at radius 1 is 0.744 bits per heavy atom. The van der Waals surface area contributed by atoms with Gasteiger partial charge in [0.1, 0.15) is 12.4 Å². The van der Waals surface area contributed by atoms with Gasteiger partial charge in [-0.3, -0.25) is 14.9 Å². The summed E-state index contributed by atoms with van der Waals surface area (Å²) in [5.41, 5.74) is 6.66. The summed E-state index contributed by atoms with van der Waals surface area (Å²) in [5.74, 6) is 0.412. The highest BCUT2D eigenvalue weighted by molar-refractivity contribution is 8.18. The molecule has 0 spiro atoms. The molecule has 4 aromatic carbocycles. The second-order valence-electron chi connectivity index (χ2n) is 9.48. The topological polar surface area (TPSA) is 60.3 Å². The van der Waals surface area contributed by atoms with Crippen LogP contribution in [-0.2, 0) is 24.4 Å². The Morgan fingerprint density at radius 2 is 1.41 bits per heavy atom. The monoisotopic (exact) mass is 530 g/mol. The van der Waals surface area contributed by atoms with Gasteiger partial charge in [0.25, 0.3) is 11.1 Å². The van der Waals surface area contributed by atoms with Crippen LogP contribution in [-0.4, -0.2) is 15.7 Å². The van der Waals surface area contributed by atoms with Gasteiger partial charge >= 0.3 is 0 Å². The first-order valence-corrected chi connectivity index (χ1v) is 13.6. The second kappa shape index (κ2) is 11.1. The van der Waals surface area contributed by atoms with E-state index >= 15 is 0 Å². The molecule has 192 valence electrons. The van der Waals surface area contributed by atoms with Crippen LogP contribution < -0.4 is 10.1 Å². The van der Waals surface area contributed by atoms with Crippen LogP contribution in [0.4, 0.5) is 4.79 Å². The minimum atomic E-state index is -0.362. The fourth-order valence-corrected chi connectivity index (χ4v) is 5.40. The largest absolute Gasteiger partial charge is 0.489 e. The summed E-state index contributed by atoms with van der Waals surface area (Å²) in [4.78, 5) is 24.4. The van der Waals surface area contributed by atoms with Crippen molar-refractivity contribution in [3.05, 3.63) is 142 Å². The average molecular weight is 531 g/mol. The van der Waals surface area contributed by atoms with Gasteiger partial charge in [-0.05, 0) is 70.8 Å². The van der Waals surface area contributed by atoms with Crippen molar-refractivity contribution in [2.75, 3.05) is 0 Å². The molecule has 1 saturated heterocycles. The molecule has 1 aliphatic rings. The Morgan fingerprint density at radius 3 is 2.10 bits per heavy atom. The predicted octanol–water partition coefficient (Wildman–Crippen LogP) is 7.18. The van der Waals surface area contributed by atoms with Crippen molar-refractivity contribution in [2.24, 2.45) is 0 Å². The summed E-state index contributed by atoms with van der Waals surface area (Å²) in [6.07, 6.45) is 2.68. The summed E-state index contributed by atoms with van der Waals surface area (Å²) >= 11 is 0.929. The number of nitrogens with zero attached hydrogens (tertiary/aromatic N) is 1. The number of carbonyl (C=O) groups excluding carboxylic acids is 2. The van der Waals surface area contributed by atoms with Crippen molar-refractivity contribution in [3.8, 4) is 5.75 Å². The van der Waals surface area contributed by atoms with E-state index in [4.69, 9.17) is 4.74 Å². The molecule has 39 heavy (non-hydrogen) atoms. The highest BCUT2D eigenvalue weighted by Crippen LogP contribution is 2.31. The summed E-state index contributed by atoms with van der Waals surface area (Å²) in [7, 11) is 0. The average Bonchev–Trinajstić information content (AvgIpc) is 3.46. The number of aromatic nitrogens is 1. The summed E-state index contributed by atoms with van der Waals surface area (Å²) in [6, 6.07) is 37.2. The van der Waals surface area contributed by atoms with Crippen molar-refractivity contribution in [3.63, 3.8) is 0 Å². The molecular weight excluding hydrogens is 504 g/mol. The molecule has 5 nitrogen and oxygen atoms in total. The molecule has 0 aliphatic carbocycles. The number of thioether (sulfide) groups is 1. The first-order valence-electron chi connectivity index (χ1n) is 12.8. The van der Waals surface area contributed by atoms with Gasteiger partial charge < -0.3 is 9.30 Å². The fourth-order valence-electron chi connectivity index (χ4n) is 4.73. The van der Waals surface area contributed by atoms with Crippen LogP contribution in [0.2, 0.25) is 0 Å². The molecule has 0 atom stereocenters. The molecule has 1 fully saturated rings. The van der Waals surface area contributed by atoms with E-state index in [1.54, 1.807) is 6.08 Å². The number of imide groups is 1. The summed E-state index contributed by atoms with van der Waals surface area (Å²) in [6.45, 7) is 1.11. The molecule has 1 aromatic heterocycles. The standard InChI is InChI=1S/C33H26N2O3S/c36-32-31(39-33(37)34-32)20-28-18-27-19-29(38-22-26-9-5-2-6-10-26)15-16-30(27)35(28)21-25-13-11-24(12-14-25)17-23-7-3-1-4-8-23/h1-16,18-20H,17,21-22H2,(H,34,36,37)/b31-20-. The predicted molar refractivity (Wildman–Crippen MR) is 157 cm³/mol. The Bertz CT molecular complexity index is 1670. The fraction of sp³-hybridized carbons (Fsp3) is 0.0909. The second-order valence-corrected chi connectivity index (χ2v) is 10.5. The van der Waals surface area contributed by atoms with Gasteiger partial charge in [0.2, 0.25) is 0 Å². The van der Waals surface area contributed by atoms with Gasteiger partial charge in [-0.25, -0.2) is 0 Å². The lowest BCUT2D eigenvalue weighted by molar-refractivity contribution is -0.115. The van der Waals surface area contributed by atoms with E-state index in [0.29, 0.717) is 18.1 Å². The maximum absolute atomic E-state index is 12.3. The van der Waals surface area contributed by atoms with Crippen molar-refractivity contribution >= 4 is 39.9 Å². The maximum Gasteiger partial charge on any atom is 0.290 e. The number of nitrogens with one attached hydrogen (secondary N) is 1. The van der Waals surface area contributed by atoms with Gasteiger partial charge in [0, 0.05) is 23.1 Å². The minimum absolute atomic E-state index is 0.348. The van der Waals surface area contributed by atoms with Gasteiger partial charge in [-0.15, -0.1) is 0 Å². The zero-order chi connectivity index (χ0) is 26.6. The van der Waals surface area contributed by atoms with Gasteiger partial charge in [0.15, 0.2) is 0 Å². The molecule has 1 N–H and O–H groups in total. The number of amides is 2. The number of fused-ring (bicyclic) bond motifs is 1. The van der Waals surface area contributed by atoms with E-state index in [-0.39, 0.29) is 11.1 Å².